The molecule has 0 radical (unpaired) electrons. The van der Waals surface area contributed by atoms with E-state index < -0.39 is 10.8 Å². The molecule has 1 amide bonds. The standard InChI is InChI=1S/C15H13ClN2O3/c1-9-4-3-5-12(14(9)18(20)21)15(19)17-13-7-6-11(16)8-10(13)2/h3-8H,1-2H3,(H,17,19). The van der Waals surface area contributed by atoms with Crippen molar-refractivity contribution >= 4 is 28.9 Å². The first-order valence-electron chi connectivity index (χ1n) is 6.21. The van der Waals surface area contributed by atoms with Gasteiger partial charge in [-0.05, 0) is 43.7 Å². The summed E-state index contributed by atoms with van der Waals surface area (Å²) in [6, 6.07) is 9.67. The first-order chi connectivity index (χ1) is 9.90. The molecule has 0 aromatic heterocycles. The van der Waals surface area contributed by atoms with Gasteiger partial charge in [-0.15, -0.1) is 0 Å². The lowest BCUT2D eigenvalue weighted by molar-refractivity contribution is -0.385. The van der Waals surface area contributed by atoms with Gasteiger partial charge in [0.15, 0.2) is 0 Å². The van der Waals surface area contributed by atoms with Crippen molar-refractivity contribution in [2.24, 2.45) is 0 Å². The predicted octanol–water partition coefficient (Wildman–Crippen LogP) is 4.12. The van der Waals surface area contributed by atoms with Crippen molar-refractivity contribution < 1.29 is 9.72 Å². The molecule has 0 spiro atoms. The molecule has 0 fully saturated rings. The molecule has 6 heteroatoms. The molecule has 2 aromatic carbocycles. The zero-order valence-corrected chi connectivity index (χ0v) is 12.3. The molecule has 108 valence electrons. The van der Waals surface area contributed by atoms with E-state index in [-0.39, 0.29) is 11.3 Å². The van der Waals surface area contributed by atoms with E-state index in [1.807, 2.05) is 0 Å². The first-order valence-corrected chi connectivity index (χ1v) is 6.59. The molecule has 5 nitrogen and oxygen atoms in total. The molecule has 0 aliphatic rings. The predicted molar refractivity (Wildman–Crippen MR) is 82.0 cm³/mol. The van der Waals surface area contributed by atoms with Crippen LogP contribution in [0, 0.1) is 24.0 Å². The van der Waals surface area contributed by atoms with Crippen molar-refractivity contribution in [1.82, 2.24) is 0 Å². The van der Waals surface area contributed by atoms with Gasteiger partial charge in [0.2, 0.25) is 0 Å². The maximum Gasteiger partial charge on any atom is 0.285 e. The molecule has 2 aromatic rings. The SMILES string of the molecule is Cc1cc(Cl)ccc1NC(=O)c1cccc(C)c1[N+](=O)[O-]. The minimum atomic E-state index is -0.543. The number of hydrogen-bond donors (Lipinski definition) is 1. The second-order valence-electron chi connectivity index (χ2n) is 4.64. The van der Waals surface area contributed by atoms with Gasteiger partial charge in [-0.2, -0.15) is 0 Å². The highest BCUT2D eigenvalue weighted by Crippen LogP contribution is 2.25. The van der Waals surface area contributed by atoms with Crippen molar-refractivity contribution in [2.45, 2.75) is 13.8 Å². The summed E-state index contributed by atoms with van der Waals surface area (Å²) in [5.74, 6) is -0.518. The number of para-hydroxylation sites is 1. The summed E-state index contributed by atoms with van der Waals surface area (Å²) in [6.07, 6.45) is 0. The van der Waals surface area contributed by atoms with Crippen molar-refractivity contribution in [2.75, 3.05) is 5.32 Å². The van der Waals surface area contributed by atoms with Crippen LogP contribution in [0.15, 0.2) is 36.4 Å². The van der Waals surface area contributed by atoms with Gasteiger partial charge in [0.25, 0.3) is 11.6 Å². The summed E-state index contributed by atoms with van der Waals surface area (Å²) >= 11 is 5.86. The van der Waals surface area contributed by atoms with Crippen LogP contribution in [0.25, 0.3) is 0 Å². The number of nitro benzene ring substituents is 1. The Hall–Kier alpha value is -2.40. The number of benzene rings is 2. The van der Waals surface area contributed by atoms with Gasteiger partial charge in [-0.3, -0.25) is 14.9 Å². The fraction of sp³-hybridized carbons (Fsp3) is 0.133. The van der Waals surface area contributed by atoms with Crippen LogP contribution in [0.1, 0.15) is 21.5 Å². The minimum absolute atomic E-state index is 0.0364. The largest absolute Gasteiger partial charge is 0.322 e. The Morgan fingerprint density at radius 1 is 1.19 bits per heavy atom. The quantitative estimate of drug-likeness (QED) is 0.685. The van der Waals surface area contributed by atoms with E-state index in [1.54, 1.807) is 44.2 Å². The number of anilines is 1. The summed E-state index contributed by atoms with van der Waals surface area (Å²) in [7, 11) is 0. The molecule has 0 atom stereocenters. The van der Waals surface area contributed by atoms with Crippen LogP contribution in [0.2, 0.25) is 5.02 Å². The van der Waals surface area contributed by atoms with E-state index in [4.69, 9.17) is 11.6 Å². The zero-order chi connectivity index (χ0) is 15.6. The monoisotopic (exact) mass is 304 g/mol. The van der Waals surface area contributed by atoms with Crippen molar-refractivity contribution in [1.29, 1.82) is 0 Å². The van der Waals surface area contributed by atoms with E-state index in [2.05, 4.69) is 5.32 Å². The molecule has 0 unspecified atom stereocenters. The average Bonchev–Trinajstić information content (AvgIpc) is 2.41. The molecular weight excluding hydrogens is 292 g/mol. The lowest BCUT2D eigenvalue weighted by Crippen LogP contribution is -2.15. The van der Waals surface area contributed by atoms with Crippen LogP contribution in [0.5, 0.6) is 0 Å². The summed E-state index contributed by atoms with van der Waals surface area (Å²) in [4.78, 5) is 22.9. The van der Waals surface area contributed by atoms with Crippen LogP contribution in [-0.4, -0.2) is 10.8 Å². The fourth-order valence-electron chi connectivity index (χ4n) is 2.04. The Balaban J connectivity index is 2.37. The first kappa shape index (κ1) is 15.0. The number of amides is 1. The van der Waals surface area contributed by atoms with Gasteiger partial charge >= 0.3 is 0 Å². The number of nitrogens with zero attached hydrogens (tertiary/aromatic N) is 1. The third-order valence-corrected chi connectivity index (χ3v) is 3.34. The molecule has 0 heterocycles. The second-order valence-corrected chi connectivity index (χ2v) is 5.08. The van der Waals surface area contributed by atoms with Crippen molar-refractivity contribution in [3.05, 3.63) is 68.2 Å². The number of nitro groups is 1. The highest BCUT2D eigenvalue weighted by atomic mass is 35.5. The van der Waals surface area contributed by atoms with Gasteiger partial charge in [0.1, 0.15) is 5.56 Å². The van der Waals surface area contributed by atoms with Crippen molar-refractivity contribution in [3.8, 4) is 0 Å². The number of rotatable bonds is 3. The highest BCUT2D eigenvalue weighted by molar-refractivity contribution is 6.30. The van der Waals surface area contributed by atoms with Crippen molar-refractivity contribution in [3.63, 3.8) is 0 Å². The molecule has 21 heavy (non-hydrogen) atoms. The third-order valence-electron chi connectivity index (χ3n) is 3.10. The maximum atomic E-state index is 12.3. The van der Waals surface area contributed by atoms with Gasteiger partial charge in [0.05, 0.1) is 4.92 Å². The number of hydrogen-bond acceptors (Lipinski definition) is 3. The third kappa shape index (κ3) is 3.20. The van der Waals surface area contributed by atoms with Crippen LogP contribution in [-0.2, 0) is 0 Å². The summed E-state index contributed by atoms with van der Waals surface area (Å²) in [6.45, 7) is 3.40. The minimum Gasteiger partial charge on any atom is -0.322 e. The topological polar surface area (TPSA) is 72.2 Å². The molecular formula is C15H13ClN2O3. The molecule has 1 N–H and O–H groups in total. The molecule has 0 aliphatic heterocycles. The molecule has 0 bridgehead atoms. The second kappa shape index (κ2) is 5.93. The fourth-order valence-corrected chi connectivity index (χ4v) is 2.27. The Labute approximate surface area is 126 Å². The van der Waals surface area contributed by atoms with Crippen LogP contribution < -0.4 is 5.32 Å². The van der Waals surface area contributed by atoms with E-state index in [0.717, 1.165) is 5.56 Å². The summed E-state index contributed by atoms with van der Waals surface area (Å²) < 4.78 is 0. The average molecular weight is 305 g/mol. The molecule has 0 saturated carbocycles. The van der Waals surface area contributed by atoms with Gasteiger partial charge in [-0.1, -0.05) is 23.7 Å². The van der Waals surface area contributed by atoms with Gasteiger partial charge < -0.3 is 5.32 Å². The molecule has 2 rings (SSSR count). The molecule has 0 aliphatic carbocycles. The van der Waals surface area contributed by atoms with E-state index >= 15 is 0 Å². The number of carbonyl (C=O) groups is 1. The highest BCUT2D eigenvalue weighted by Gasteiger charge is 2.22. The Morgan fingerprint density at radius 3 is 2.52 bits per heavy atom. The van der Waals surface area contributed by atoms with Gasteiger partial charge in [0, 0.05) is 16.3 Å². The lowest BCUT2D eigenvalue weighted by Gasteiger charge is -2.09. The smallest absolute Gasteiger partial charge is 0.285 e. The number of nitrogens with one attached hydrogen (secondary N) is 1. The number of carbonyl (C=O) groups excluding carboxylic acids is 1. The maximum absolute atomic E-state index is 12.3. The van der Waals surface area contributed by atoms with Gasteiger partial charge in [-0.25, -0.2) is 0 Å². The zero-order valence-electron chi connectivity index (χ0n) is 11.5. The summed E-state index contributed by atoms with van der Waals surface area (Å²) in [5, 5.41) is 14.4. The number of halogens is 1. The Morgan fingerprint density at radius 2 is 1.90 bits per heavy atom. The normalized spacial score (nSPS) is 10.2. The van der Waals surface area contributed by atoms with Crippen LogP contribution >= 0.6 is 11.6 Å². The van der Waals surface area contributed by atoms with E-state index in [1.165, 1.54) is 6.07 Å². The lowest BCUT2D eigenvalue weighted by atomic mass is 10.1. The number of aryl methyl sites for hydroxylation is 2. The summed E-state index contributed by atoms with van der Waals surface area (Å²) in [5.41, 5.74) is 1.66. The van der Waals surface area contributed by atoms with E-state index in [9.17, 15) is 14.9 Å². The Kier molecular flexibility index (Phi) is 4.23. The molecule has 0 saturated heterocycles. The van der Waals surface area contributed by atoms with Crippen LogP contribution in [0.4, 0.5) is 11.4 Å². The Bertz CT molecular complexity index is 729. The van der Waals surface area contributed by atoms with E-state index in [0.29, 0.717) is 16.3 Å². The van der Waals surface area contributed by atoms with Crippen LogP contribution in [0.3, 0.4) is 0 Å².